The van der Waals surface area contributed by atoms with E-state index in [-0.39, 0.29) is 0 Å². The summed E-state index contributed by atoms with van der Waals surface area (Å²) in [5.41, 5.74) is 8.12. The van der Waals surface area contributed by atoms with Gasteiger partial charge in [0.2, 0.25) is 0 Å². The van der Waals surface area contributed by atoms with Gasteiger partial charge in [-0.2, -0.15) is 0 Å². The highest BCUT2D eigenvalue weighted by molar-refractivity contribution is 9.10. The summed E-state index contributed by atoms with van der Waals surface area (Å²) >= 11 is 17.8. The van der Waals surface area contributed by atoms with Crippen molar-refractivity contribution in [3.8, 4) is 11.5 Å². The molecule has 2 aromatic heterocycles. The normalized spacial score (nSPS) is 11.4. The first kappa shape index (κ1) is 18.3. The van der Waals surface area contributed by atoms with E-state index in [2.05, 4.69) is 25.9 Å². The van der Waals surface area contributed by atoms with Gasteiger partial charge in [-0.15, -0.1) is 11.3 Å². The van der Waals surface area contributed by atoms with Crippen LogP contribution >= 0.6 is 50.5 Å². The number of methoxy groups -OCH3 is 2. The molecule has 0 bridgehead atoms. The van der Waals surface area contributed by atoms with Crippen LogP contribution in [0.4, 0.5) is 5.82 Å². The summed E-state index contributed by atoms with van der Waals surface area (Å²) in [6, 6.07) is 0. The molecule has 0 aliphatic rings. The van der Waals surface area contributed by atoms with Gasteiger partial charge in [-0.3, -0.25) is 0 Å². The summed E-state index contributed by atoms with van der Waals surface area (Å²) < 4.78 is 12.1. The number of benzene rings is 1. The summed E-state index contributed by atoms with van der Waals surface area (Å²) in [7, 11) is 3.05. The molecule has 0 saturated heterocycles. The van der Waals surface area contributed by atoms with Crippen molar-refractivity contribution >= 4 is 78.7 Å². The van der Waals surface area contributed by atoms with Crippen LogP contribution in [0, 0.1) is 0 Å². The van der Waals surface area contributed by atoms with E-state index in [0.29, 0.717) is 37.4 Å². The van der Waals surface area contributed by atoms with E-state index in [9.17, 15) is 0 Å². The van der Waals surface area contributed by atoms with Gasteiger partial charge in [-0.25, -0.2) is 9.97 Å². The molecule has 0 radical (unpaired) electrons. The third kappa shape index (κ3) is 3.17. The second kappa shape index (κ2) is 7.37. The quantitative estimate of drug-likeness (QED) is 0.554. The van der Waals surface area contributed by atoms with Crippen LogP contribution in [0.1, 0.15) is 11.1 Å². The molecule has 0 spiro atoms. The monoisotopic (exact) mass is 459 g/mol. The van der Waals surface area contributed by atoms with E-state index >= 15 is 0 Å². The first-order chi connectivity index (χ1) is 12.0. The average Bonchev–Trinajstić information content (AvgIpc) is 3.00. The van der Waals surface area contributed by atoms with Crippen LogP contribution in [0.25, 0.3) is 22.4 Å². The molecule has 2 N–H and O–H groups in total. The minimum atomic E-state index is 0.380. The average molecular weight is 461 g/mol. The Morgan fingerprint density at radius 1 is 1.12 bits per heavy atom. The van der Waals surface area contributed by atoms with Crippen LogP contribution in [-0.4, -0.2) is 24.2 Å². The highest BCUT2D eigenvalue weighted by Gasteiger charge is 2.21. The van der Waals surface area contributed by atoms with Gasteiger partial charge >= 0.3 is 0 Å². The molecular weight excluding hydrogens is 449 g/mol. The fraction of sp³-hybridized carbons (Fsp3) is 0.125. The smallest absolute Gasteiger partial charge is 0.156 e. The van der Waals surface area contributed by atoms with Gasteiger partial charge in [0.15, 0.2) is 11.5 Å². The number of ether oxygens (including phenoxy) is 2. The lowest BCUT2D eigenvalue weighted by atomic mass is 10.1. The fourth-order valence-corrected chi connectivity index (χ4v) is 4.87. The summed E-state index contributed by atoms with van der Waals surface area (Å²) in [6.45, 7) is 0. The minimum absolute atomic E-state index is 0.380. The molecule has 5 nitrogen and oxygen atoms in total. The molecule has 0 aliphatic heterocycles. The zero-order valence-corrected chi connectivity index (χ0v) is 17.1. The summed E-state index contributed by atoms with van der Waals surface area (Å²) in [4.78, 5) is 8.28. The molecule has 0 aliphatic carbocycles. The van der Waals surface area contributed by atoms with Crippen molar-refractivity contribution in [2.75, 3.05) is 20.0 Å². The lowest BCUT2D eigenvalue weighted by Gasteiger charge is -2.15. The minimum Gasteiger partial charge on any atom is -0.494 e. The largest absolute Gasteiger partial charge is 0.494 e. The lowest BCUT2D eigenvalue weighted by Crippen LogP contribution is -1.95. The van der Waals surface area contributed by atoms with Crippen LogP contribution < -0.4 is 15.2 Å². The first-order valence-electron chi connectivity index (χ1n) is 6.93. The highest BCUT2D eigenvalue weighted by Crippen LogP contribution is 2.48. The standard InChI is InChI=1S/C16H12BrCl2N3O2S/c1-23-13-9(17)14(24-2)11(19)8(10(13)18)4-3-7-5-25-15-12(7)21-6-22-16(15)20/h3-6H,1-2H3,(H2,20,21,22). The second-order valence-electron chi connectivity index (χ2n) is 4.88. The Hall–Kier alpha value is -1.54. The Morgan fingerprint density at radius 2 is 1.76 bits per heavy atom. The molecule has 25 heavy (non-hydrogen) atoms. The molecule has 0 saturated carbocycles. The van der Waals surface area contributed by atoms with Crippen molar-refractivity contribution in [1.29, 1.82) is 0 Å². The predicted molar refractivity (Wildman–Crippen MR) is 108 cm³/mol. The number of thiophene rings is 1. The molecule has 0 unspecified atom stereocenters. The number of hydrogen-bond acceptors (Lipinski definition) is 6. The number of rotatable bonds is 4. The van der Waals surface area contributed by atoms with Crippen molar-refractivity contribution in [2.45, 2.75) is 0 Å². The Balaban J connectivity index is 2.14. The van der Waals surface area contributed by atoms with E-state index in [1.54, 1.807) is 6.08 Å². The number of hydrogen-bond donors (Lipinski definition) is 1. The van der Waals surface area contributed by atoms with Gasteiger partial charge in [0.25, 0.3) is 0 Å². The van der Waals surface area contributed by atoms with E-state index in [0.717, 1.165) is 15.8 Å². The first-order valence-corrected chi connectivity index (χ1v) is 9.36. The number of halogens is 3. The van der Waals surface area contributed by atoms with Crippen molar-refractivity contribution in [3.63, 3.8) is 0 Å². The number of nitrogens with two attached hydrogens (primary N) is 1. The fourth-order valence-electron chi connectivity index (χ4n) is 2.32. The zero-order valence-electron chi connectivity index (χ0n) is 13.1. The van der Waals surface area contributed by atoms with E-state index in [1.807, 2.05) is 11.5 Å². The molecule has 0 fully saturated rings. The van der Waals surface area contributed by atoms with Crippen LogP contribution in [0.5, 0.6) is 11.5 Å². The number of anilines is 1. The highest BCUT2D eigenvalue weighted by atomic mass is 79.9. The van der Waals surface area contributed by atoms with Gasteiger partial charge in [0.05, 0.1) is 34.5 Å². The van der Waals surface area contributed by atoms with E-state index in [4.69, 9.17) is 38.4 Å². The SMILES string of the molecule is COc1c(Cl)c(C=Cc2csc3c(N)ncnc23)c(Cl)c(OC)c1Br. The molecule has 9 heteroatoms. The van der Waals surface area contributed by atoms with Gasteiger partial charge < -0.3 is 15.2 Å². The van der Waals surface area contributed by atoms with Gasteiger partial charge in [0, 0.05) is 16.5 Å². The molecule has 2 heterocycles. The third-order valence-corrected chi connectivity index (χ3v) is 6.00. The molecule has 0 amide bonds. The zero-order chi connectivity index (χ0) is 18.1. The maximum absolute atomic E-state index is 6.44. The van der Waals surface area contributed by atoms with Gasteiger partial charge in [-0.1, -0.05) is 35.4 Å². The summed E-state index contributed by atoms with van der Waals surface area (Å²) in [5.74, 6) is 1.35. The van der Waals surface area contributed by atoms with Crippen LogP contribution in [0.15, 0.2) is 16.2 Å². The maximum Gasteiger partial charge on any atom is 0.156 e. The molecule has 130 valence electrons. The van der Waals surface area contributed by atoms with Crippen molar-refractivity contribution in [3.05, 3.63) is 37.4 Å². The number of nitrogens with zero attached hydrogens (tertiary/aromatic N) is 2. The van der Waals surface area contributed by atoms with Crippen LogP contribution in [0.3, 0.4) is 0 Å². The molecule has 3 rings (SSSR count). The number of fused-ring (bicyclic) bond motifs is 1. The van der Waals surface area contributed by atoms with Crippen molar-refractivity contribution in [1.82, 2.24) is 9.97 Å². The second-order valence-corrected chi connectivity index (χ2v) is 7.31. The molecular formula is C16H12BrCl2N3O2S. The Labute approximate surface area is 166 Å². The number of aromatic nitrogens is 2. The van der Waals surface area contributed by atoms with Crippen LogP contribution in [-0.2, 0) is 0 Å². The molecule has 0 atom stereocenters. The Bertz CT molecular complexity index is 960. The third-order valence-electron chi connectivity index (χ3n) is 3.52. The van der Waals surface area contributed by atoms with Crippen molar-refractivity contribution in [2.24, 2.45) is 0 Å². The van der Waals surface area contributed by atoms with E-state index < -0.39 is 0 Å². The van der Waals surface area contributed by atoms with E-state index in [1.165, 1.54) is 31.9 Å². The Kier molecular flexibility index (Phi) is 5.38. The van der Waals surface area contributed by atoms with Crippen molar-refractivity contribution < 1.29 is 9.47 Å². The summed E-state index contributed by atoms with van der Waals surface area (Å²) in [5, 5.41) is 2.71. The molecule has 1 aromatic carbocycles. The maximum atomic E-state index is 6.44. The van der Waals surface area contributed by atoms with Gasteiger partial charge in [-0.05, 0) is 15.9 Å². The summed E-state index contributed by atoms with van der Waals surface area (Å²) in [6.07, 6.45) is 5.10. The topological polar surface area (TPSA) is 70.3 Å². The molecule has 3 aromatic rings. The Morgan fingerprint density at radius 3 is 2.36 bits per heavy atom. The number of nitrogen functional groups attached to an aromatic ring is 1. The predicted octanol–water partition coefficient (Wildman–Crippen LogP) is 5.53. The van der Waals surface area contributed by atoms with Gasteiger partial charge in [0.1, 0.15) is 16.6 Å². The lowest BCUT2D eigenvalue weighted by molar-refractivity contribution is 0.389. The van der Waals surface area contributed by atoms with Crippen LogP contribution in [0.2, 0.25) is 10.0 Å².